The van der Waals surface area contributed by atoms with Crippen LogP contribution in [-0.4, -0.2) is 73.7 Å². The lowest BCUT2D eigenvalue weighted by Gasteiger charge is -2.35. The van der Waals surface area contributed by atoms with Crippen LogP contribution >= 0.6 is 11.5 Å². The summed E-state index contributed by atoms with van der Waals surface area (Å²) in [6.07, 6.45) is 0. The van der Waals surface area contributed by atoms with Gasteiger partial charge >= 0.3 is 0 Å². The number of aromatic nitrogens is 4. The molecule has 1 aromatic carbocycles. The van der Waals surface area contributed by atoms with Crippen LogP contribution in [0.4, 0.5) is 23.7 Å². The van der Waals surface area contributed by atoms with Gasteiger partial charge in [-0.25, -0.2) is 0 Å². The van der Waals surface area contributed by atoms with Crippen LogP contribution in [0.2, 0.25) is 0 Å². The lowest BCUT2D eigenvalue weighted by Crippen LogP contribution is -2.47. The number of hydrogen-bond acceptors (Lipinski definition) is 9. The van der Waals surface area contributed by atoms with E-state index in [-0.39, 0.29) is 0 Å². The van der Waals surface area contributed by atoms with Gasteiger partial charge in [0.25, 0.3) is 0 Å². The van der Waals surface area contributed by atoms with Gasteiger partial charge in [0.2, 0.25) is 17.8 Å². The van der Waals surface area contributed by atoms with Gasteiger partial charge in [0.05, 0.1) is 4.70 Å². The first-order valence-corrected chi connectivity index (χ1v) is 9.75. The van der Waals surface area contributed by atoms with E-state index in [2.05, 4.69) is 53.4 Å². The second-order valence-electron chi connectivity index (χ2n) is 7.00. The maximum absolute atomic E-state index is 4.69. The summed E-state index contributed by atoms with van der Waals surface area (Å²) in [4.78, 5) is 22.2. The Bertz CT molecular complexity index is 904. The summed E-state index contributed by atoms with van der Waals surface area (Å²) in [5.74, 6) is 3.18. The Morgan fingerprint density at radius 3 is 2.04 bits per heavy atom. The highest BCUT2D eigenvalue weighted by atomic mass is 32.1. The van der Waals surface area contributed by atoms with Gasteiger partial charge in [-0.2, -0.15) is 19.3 Å². The van der Waals surface area contributed by atoms with Crippen molar-refractivity contribution in [1.82, 2.24) is 19.3 Å². The van der Waals surface area contributed by atoms with Crippen LogP contribution in [0.3, 0.4) is 0 Å². The third kappa shape index (κ3) is 3.46. The standard InChI is InChI=1S/C18H24N8S/c1-23(2)16-19-17(24(3)4)21-18(20-16)26-11-9-25(10-12-26)15-13-7-5-6-8-14(13)27-22-15/h5-8H,9-12H2,1-4H3. The normalized spacial score (nSPS) is 14.7. The molecule has 1 fully saturated rings. The topological polar surface area (TPSA) is 64.5 Å². The van der Waals surface area contributed by atoms with Crippen molar-refractivity contribution in [3.05, 3.63) is 24.3 Å². The summed E-state index contributed by atoms with van der Waals surface area (Å²) in [5.41, 5.74) is 0. The van der Waals surface area contributed by atoms with Crippen molar-refractivity contribution in [3.8, 4) is 0 Å². The largest absolute Gasteiger partial charge is 0.352 e. The van der Waals surface area contributed by atoms with E-state index >= 15 is 0 Å². The van der Waals surface area contributed by atoms with Gasteiger partial charge in [0.1, 0.15) is 5.82 Å². The van der Waals surface area contributed by atoms with E-state index in [4.69, 9.17) is 0 Å². The number of rotatable bonds is 4. The van der Waals surface area contributed by atoms with Crippen LogP contribution < -0.4 is 19.6 Å². The molecule has 2 aromatic heterocycles. The van der Waals surface area contributed by atoms with Crippen molar-refractivity contribution in [3.63, 3.8) is 0 Å². The molecule has 1 saturated heterocycles. The fraction of sp³-hybridized carbons (Fsp3) is 0.444. The number of fused-ring (bicyclic) bond motifs is 1. The Balaban J connectivity index is 1.54. The summed E-state index contributed by atoms with van der Waals surface area (Å²) in [5, 5.41) is 1.24. The van der Waals surface area contributed by atoms with E-state index in [0.29, 0.717) is 11.9 Å². The van der Waals surface area contributed by atoms with Gasteiger partial charge in [0, 0.05) is 59.8 Å². The SMILES string of the molecule is CN(C)c1nc(N(C)C)nc(N2CCN(c3nsc4ccccc34)CC2)n1. The van der Waals surface area contributed by atoms with Crippen molar-refractivity contribution in [2.45, 2.75) is 0 Å². The monoisotopic (exact) mass is 384 g/mol. The molecular weight excluding hydrogens is 360 g/mol. The molecule has 142 valence electrons. The predicted molar refractivity (Wildman–Crippen MR) is 113 cm³/mol. The second kappa shape index (κ2) is 7.15. The maximum Gasteiger partial charge on any atom is 0.232 e. The summed E-state index contributed by atoms with van der Waals surface area (Å²) >= 11 is 1.57. The lowest BCUT2D eigenvalue weighted by molar-refractivity contribution is 0.635. The smallest absolute Gasteiger partial charge is 0.232 e. The Hall–Kier alpha value is -2.68. The molecule has 0 N–H and O–H groups in total. The number of benzene rings is 1. The van der Waals surface area contributed by atoms with Crippen LogP contribution in [-0.2, 0) is 0 Å². The molecule has 0 unspecified atom stereocenters. The second-order valence-corrected chi connectivity index (χ2v) is 7.81. The summed E-state index contributed by atoms with van der Waals surface area (Å²) in [6.45, 7) is 3.51. The summed E-state index contributed by atoms with van der Waals surface area (Å²) in [6, 6.07) is 8.42. The van der Waals surface area contributed by atoms with E-state index in [9.17, 15) is 0 Å². The zero-order chi connectivity index (χ0) is 19.0. The Labute approximate surface area is 163 Å². The molecule has 0 radical (unpaired) electrons. The Kier molecular flexibility index (Phi) is 4.69. The van der Waals surface area contributed by atoms with Crippen molar-refractivity contribution in [2.75, 3.05) is 74.0 Å². The fourth-order valence-corrected chi connectivity index (χ4v) is 3.90. The molecule has 8 nitrogen and oxygen atoms in total. The van der Waals surface area contributed by atoms with Gasteiger partial charge < -0.3 is 19.6 Å². The first-order valence-electron chi connectivity index (χ1n) is 8.98. The van der Waals surface area contributed by atoms with Crippen LogP contribution in [0, 0.1) is 0 Å². The molecule has 9 heteroatoms. The van der Waals surface area contributed by atoms with Crippen molar-refractivity contribution in [2.24, 2.45) is 0 Å². The van der Waals surface area contributed by atoms with Gasteiger partial charge in [-0.05, 0) is 23.7 Å². The van der Waals surface area contributed by atoms with E-state index in [1.165, 1.54) is 10.1 Å². The minimum atomic E-state index is 0.677. The van der Waals surface area contributed by atoms with Gasteiger partial charge in [-0.1, -0.05) is 12.1 Å². The average Bonchev–Trinajstić information content (AvgIpc) is 3.12. The minimum absolute atomic E-state index is 0.677. The highest BCUT2D eigenvalue weighted by molar-refractivity contribution is 7.13. The van der Waals surface area contributed by atoms with Gasteiger partial charge in [-0.15, -0.1) is 0 Å². The molecule has 4 rings (SSSR count). The third-order valence-electron chi connectivity index (χ3n) is 4.62. The van der Waals surface area contributed by atoms with Crippen molar-refractivity contribution >= 4 is 45.3 Å². The van der Waals surface area contributed by atoms with Crippen LogP contribution in [0.25, 0.3) is 10.1 Å². The first kappa shape index (κ1) is 17.7. The third-order valence-corrected chi connectivity index (χ3v) is 5.44. The molecule has 1 aliphatic heterocycles. The van der Waals surface area contributed by atoms with Crippen LogP contribution in [0.1, 0.15) is 0 Å². The van der Waals surface area contributed by atoms with Crippen molar-refractivity contribution < 1.29 is 0 Å². The molecule has 0 amide bonds. The van der Waals surface area contributed by atoms with E-state index in [1.807, 2.05) is 38.0 Å². The van der Waals surface area contributed by atoms with E-state index in [1.54, 1.807) is 11.5 Å². The molecule has 0 saturated carbocycles. The number of hydrogen-bond donors (Lipinski definition) is 0. The van der Waals surface area contributed by atoms with E-state index in [0.717, 1.165) is 37.9 Å². The molecule has 27 heavy (non-hydrogen) atoms. The first-order chi connectivity index (χ1) is 13.0. The Morgan fingerprint density at radius 2 is 1.41 bits per heavy atom. The highest BCUT2D eigenvalue weighted by Crippen LogP contribution is 2.30. The Morgan fingerprint density at radius 1 is 0.815 bits per heavy atom. The van der Waals surface area contributed by atoms with E-state index < -0.39 is 0 Å². The molecule has 3 heterocycles. The minimum Gasteiger partial charge on any atom is -0.352 e. The van der Waals surface area contributed by atoms with Gasteiger partial charge in [0.15, 0.2) is 0 Å². The fourth-order valence-electron chi connectivity index (χ4n) is 3.10. The average molecular weight is 385 g/mol. The molecular formula is C18H24N8S. The molecule has 3 aromatic rings. The lowest BCUT2D eigenvalue weighted by atomic mass is 10.2. The quantitative estimate of drug-likeness (QED) is 0.676. The maximum atomic E-state index is 4.69. The molecule has 0 atom stereocenters. The molecule has 0 aliphatic carbocycles. The van der Waals surface area contributed by atoms with Crippen LogP contribution in [0.15, 0.2) is 24.3 Å². The van der Waals surface area contributed by atoms with Gasteiger partial charge in [-0.3, -0.25) is 0 Å². The number of anilines is 4. The zero-order valence-electron chi connectivity index (χ0n) is 16.1. The molecule has 1 aliphatic rings. The number of piperazine rings is 1. The summed E-state index contributed by atoms with van der Waals surface area (Å²) in [7, 11) is 7.79. The molecule has 0 spiro atoms. The highest BCUT2D eigenvalue weighted by Gasteiger charge is 2.23. The predicted octanol–water partition coefficient (Wildman–Crippen LogP) is 1.94. The zero-order valence-corrected chi connectivity index (χ0v) is 16.9. The molecule has 0 bridgehead atoms. The summed E-state index contributed by atoms with van der Waals surface area (Å²) < 4.78 is 5.92. The number of nitrogens with zero attached hydrogens (tertiary/aromatic N) is 8. The van der Waals surface area contributed by atoms with Crippen LogP contribution in [0.5, 0.6) is 0 Å². The van der Waals surface area contributed by atoms with Crippen molar-refractivity contribution in [1.29, 1.82) is 0 Å².